The van der Waals surface area contributed by atoms with Gasteiger partial charge in [0, 0.05) is 34.0 Å². The van der Waals surface area contributed by atoms with E-state index in [0.717, 1.165) is 33.8 Å². The minimum absolute atomic E-state index is 0.957. The molecule has 2 heterocycles. The zero-order valence-electron chi connectivity index (χ0n) is 23.6. The van der Waals surface area contributed by atoms with Crippen LogP contribution in [0, 0.1) is 0 Å². The third kappa shape index (κ3) is 4.60. The molecule has 0 saturated carbocycles. The summed E-state index contributed by atoms with van der Waals surface area (Å²) in [5, 5.41) is 3.75. The summed E-state index contributed by atoms with van der Waals surface area (Å²) in [5.41, 5.74) is 11.2. The van der Waals surface area contributed by atoms with E-state index in [2.05, 4.69) is 168 Å². The summed E-state index contributed by atoms with van der Waals surface area (Å²) in [4.78, 5) is 5.19. The molecule has 0 saturated heterocycles. The first-order valence-electron chi connectivity index (χ1n) is 14.6. The molecule has 0 aliphatic rings. The minimum atomic E-state index is 0.957. The zero-order valence-corrected chi connectivity index (χ0v) is 23.6. The van der Waals surface area contributed by atoms with E-state index >= 15 is 0 Å². The van der Waals surface area contributed by atoms with Gasteiger partial charge in [-0.2, -0.15) is 0 Å². The van der Waals surface area contributed by atoms with Crippen LogP contribution in [0.1, 0.15) is 0 Å². The Hall–Kier alpha value is -5.73. The minimum Gasteiger partial charge on any atom is -0.316 e. The van der Waals surface area contributed by atoms with Crippen LogP contribution in [0.15, 0.2) is 170 Å². The van der Waals surface area contributed by atoms with Gasteiger partial charge in [0.25, 0.3) is 0 Å². The molecule has 2 aromatic heterocycles. The molecule has 8 rings (SSSR count). The second-order valence-electron chi connectivity index (χ2n) is 10.9. The van der Waals surface area contributed by atoms with Gasteiger partial charge in [-0.05, 0) is 63.9 Å². The van der Waals surface area contributed by atoms with Crippen molar-refractivity contribution in [1.82, 2.24) is 9.55 Å². The van der Waals surface area contributed by atoms with Gasteiger partial charge in [-0.1, -0.05) is 127 Å². The Kier molecular flexibility index (Phi) is 6.16. The van der Waals surface area contributed by atoms with Crippen molar-refractivity contribution in [3.8, 4) is 50.5 Å². The quantitative estimate of drug-likeness (QED) is 0.209. The number of pyridine rings is 1. The highest BCUT2D eigenvalue weighted by Gasteiger charge is 2.16. The van der Waals surface area contributed by atoms with E-state index in [1.54, 1.807) is 0 Å². The molecule has 0 fully saturated rings. The molecule has 0 aliphatic carbocycles. The lowest BCUT2D eigenvalue weighted by Gasteiger charge is -2.11. The molecule has 0 amide bonds. The topological polar surface area (TPSA) is 17.8 Å². The van der Waals surface area contributed by atoms with Gasteiger partial charge in [0.05, 0.1) is 16.9 Å². The van der Waals surface area contributed by atoms with Crippen LogP contribution >= 0.6 is 0 Å². The fourth-order valence-electron chi connectivity index (χ4n) is 6.11. The molecule has 0 bridgehead atoms. The highest BCUT2D eigenvalue weighted by Crippen LogP contribution is 2.39. The predicted octanol–water partition coefficient (Wildman–Crippen LogP) is 10.8. The average Bonchev–Trinajstić information content (AvgIpc) is 3.50. The van der Waals surface area contributed by atoms with Crippen molar-refractivity contribution in [1.29, 1.82) is 0 Å². The maximum absolute atomic E-state index is 5.19. The van der Waals surface area contributed by atoms with E-state index in [9.17, 15) is 0 Å². The van der Waals surface area contributed by atoms with Crippen LogP contribution in [0.5, 0.6) is 0 Å². The van der Waals surface area contributed by atoms with Gasteiger partial charge in [0.1, 0.15) is 0 Å². The van der Waals surface area contributed by atoms with Crippen LogP contribution in [0.3, 0.4) is 0 Å². The Morgan fingerprint density at radius 3 is 1.79 bits per heavy atom. The van der Waals surface area contributed by atoms with Crippen LogP contribution in [-0.4, -0.2) is 9.55 Å². The van der Waals surface area contributed by atoms with Gasteiger partial charge >= 0.3 is 0 Å². The number of hydrogen-bond acceptors (Lipinski definition) is 1. The van der Waals surface area contributed by atoms with E-state index < -0.39 is 0 Å². The highest BCUT2D eigenvalue weighted by atomic mass is 15.0. The molecule has 43 heavy (non-hydrogen) atoms. The fourth-order valence-corrected chi connectivity index (χ4v) is 6.11. The van der Waals surface area contributed by atoms with Crippen molar-refractivity contribution in [2.75, 3.05) is 0 Å². The van der Waals surface area contributed by atoms with Crippen molar-refractivity contribution in [3.63, 3.8) is 0 Å². The SMILES string of the molecule is c1ccc(-c2cc(-c3ccccc3)nc(-c3cccc(-c4cn(-c5ccccc5)c5ccc6ccccc6c45)c3)c2)cc1. The summed E-state index contributed by atoms with van der Waals surface area (Å²) in [6, 6.07) is 57.9. The van der Waals surface area contributed by atoms with Gasteiger partial charge in [-0.25, -0.2) is 4.98 Å². The Bertz CT molecular complexity index is 2150. The van der Waals surface area contributed by atoms with E-state index in [4.69, 9.17) is 4.98 Å². The third-order valence-electron chi connectivity index (χ3n) is 8.20. The summed E-state index contributed by atoms with van der Waals surface area (Å²) < 4.78 is 2.31. The van der Waals surface area contributed by atoms with E-state index in [0.29, 0.717) is 0 Å². The van der Waals surface area contributed by atoms with Crippen LogP contribution < -0.4 is 0 Å². The van der Waals surface area contributed by atoms with E-state index in [1.165, 1.54) is 38.4 Å². The lowest BCUT2D eigenvalue weighted by atomic mass is 9.96. The number of benzene rings is 6. The molecule has 0 N–H and O–H groups in total. The molecule has 0 atom stereocenters. The summed E-state index contributed by atoms with van der Waals surface area (Å²) >= 11 is 0. The Morgan fingerprint density at radius 2 is 1.02 bits per heavy atom. The second kappa shape index (κ2) is 10.6. The number of rotatable bonds is 5. The monoisotopic (exact) mass is 548 g/mol. The molecular weight excluding hydrogens is 520 g/mol. The van der Waals surface area contributed by atoms with E-state index in [-0.39, 0.29) is 0 Å². The third-order valence-corrected chi connectivity index (χ3v) is 8.20. The summed E-state index contributed by atoms with van der Waals surface area (Å²) in [7, 11) is 0. The van der Waals surface area contributed by atoms with E-state index in [1.807, 2.05) is 6.07 Å². The fraction of sp³-hybridized carbons (Fsp3) is 0. The molecule has 2 heteroatoms. The summed E-state index contributed by atoms with van der Waals surface area (Å²) in [5.74, 6) is 0. The van der Waals surface area contributed by atoms with Crippen molar-refractivity contribution in [3.05, 3.63) is 170 Å². The lowest BCUT2D eigenvalue weighted by Crippen LogP contribution is -1.91. The molecule has 6 aromatic carbocycles. The number of fused-ring (bicyclic) bond motifs is 3. The van der Waals surface area contributed by atoms with Crippen molar-refractivity contribution >= 4 is 21.7 Å². The Labute approximate surface area is 251 Å². The van der Waals surface area contributed by atoms with Crippen molar-refractivity contribution in [2.45, 2.75) is 0 Å². The normalized spacial score (nSPS) is 11.3. The van der Waals surface area contributed by atoms with Gasteiger partial charge in [-0.15, -0.1) is 0 Å². The van der Waals surface area contributed by atoms with Crippen LogP contribution in [-0.2, 0) is 0 Å². The maximum Gasteiger partial charge on any atom is 0.0715 e. The van der Waals surface area contributed by atoms with Gasteiger partial charge in [0.2, 0.25) is 0 Å². The lowest BCUT2D eigenvalue weighted by molar-refractivity contribution is 1.13. The number of aromatic nitrogens is 2. The molecule has 0 radical (unpaired) electrons. The zero-order chi connectivity index (χ0) is 28.6. The van der Waals surface area contributed by atoms with Crippen LogP contribution in [0.4, 0.5) is 0 Å². The van der Waals surface area contributed by atoms with Gasteiger partial charge in [0.15, 0.2) is 0 Å². The van der Waals surface area contributed by atoms with Crippen molar-refractivity contribution < 1.29 is 0 Å². The molecule has 202 valence electrons. The molecule has 0 unspecified atom stereocenters. The molecule has 0 aliphatic heterocycles. The number of hydrogen-bond donors (Lipinski definition) is 0. The largest absolute Gasteiger partial charge is 0.316 e. The summed E-state index contributed by atoms with van der Waals surface area (Å²) in [6.07, 6.45) is 2.29. The molecule has 8 aromatic rings. The van der Waals surface area contributed by atoms with Gasteiger partial charge < -0.3 is 4.57 Å². The smallest absolute Gasteiger partial charge is 0.0715 e. The number of para-hydroxylation sites is 1. The average molecular weight is 549 g/mol. The maximum atomic E-state index is 5.19. The van der Waals surface area contributed by atoms with Crippen LogP contribution in [0.2, 0.25) is 0 Å². The standard InChI is InChI=1S/C41H28N2/c1-4-13-29(14-5-1)34-26-38(31-16-6-2-7-17-31)42-39(27-34)33-19-12-18-32(25-33)37-28-43(35-20-8-3-9-21-35)40-24-23-30-15-10-11-22-36(30)41(37)40/h1-28H. The predicted molar refractivity (Wildman–Crippen MR) is 180 cm³/mol. The van der Waals surface area contributed by atoms with Gasteiger partial charge in [-0.3, -0.25) is 0 Å². The summed E-state index contributed by atoms with van der Waals surface area (Å²) in [6.45, 7) is 0. The first kappa shape index (κ1) is 25.0. The first-order valence-corrected chi connectivity index (χ1v) is 14.6. The highest BCUT2D eigenvalue weighted by molar-refractivity contribution is 6.14. The molecule has 2 nitrogen and oxygen atoms in total. The molecule has 0 spiro atoms. The Balaban J connectivity index is 1.34. The van der Waals surface area contributed by atoms with Crippen LogP contribution in [0.25, 0.3) is 72.1 Å². The number of nitrogens with zero attached hydrogens (tertiary/aromatic N) is 2. The Morgan fingerprint density at radius 1 is 0.419 bits per heavy atom. The molecular formula is C41H28N2. The first-order chi connectivity index (χ1) is 21.3. The second-order valence-corrected chi connectivity index (χ2v) is 10.9. The van der Waals surface area contributed by atoms with Crippen molar-refractivity contribution in [2.24, 2.45) is 0 Å².